The standard InChI is InChI=1S/C26H27F3N6/c1-2-5-21-14-24(34-25(32-21)33-22-9-4-6-18(13-22)15-30)35-11-10-23(17-35)31-16-19-7-3-8-20(12-19)26(27,28)29/h3-4,6-9,12-14,23,31H,2,5,10-11,16-17H2,1H3,(H,32,33,34)/t23-/m0/s1. The highest BCUT2D eigenvalue weighted by Crippen LogP contribution is 2.29. The molecule has 6 nitrogen and oxygen atoms in total. The number of benzene rings is 2. The number of halogens is 3. The minimum absolute atomic E-state index is 0.137. The smallest absolute Gasteiger partial charge is 0.355 e. The Labute approximate surface area is 202 Å². The van der Waals surface area contributed by atoms with Crippen LogP contribution in [0.2, 0.25) is 0 Å². The van der Waals surface area contributed by atoms with Gasteiger partial charge in [0.15, 0.2) is 0 Å². The van der Waals surface area contributed by atoms with Crippen LogP contribution in [0.3, 0.4) is 0 Å². The Morgan fingerprint density at radius 3 is 2.71 bits per heavy atom. The maximum Gasteiger partial charge on any atom is 0.416 e. The van der Waals surface area contributed by atoms with Crippen molar-refractivity contribution in [3.05, 3.63) is 77.0 Å². The number of anilines is 3. The van der Waals surface area contributed by atoms with Crippen molar-refractivity contribution in [3.8, 4) is 6.07 Å². The number of nitriles is 1. The Morgan fingerprint density at radius 2 is 1.94 bits per heavy atom. The molecule has 1 aromatic heterocycles. The largest absolute Gasteiger partial charge is 0.416 e. The van der Waals surface area contributed by atoms with Crippen LogP contribution in [0.1, 0.15) is 42.1 Å². The first-order valence-corrected chi connectivity index (χ1v) is 11.6. The average molecular weight is 481 g/mol. The molecule has 0 radical (unpaired) electrons. The first kappa shape index (κ1) is 24.5. The molecule has 1 atom stereocenters. The Bertz CT molecular complexity index is 1200. The summed E-state index contributed by atoms with van der Waals surface area (Å²) in [6.45, 7) is 3.95. The van der Waals surface area contributed by atoms with Gasteiger partial charge in [0.05, 0.1) is 17.2 Å². The molecule has 0 spiro atoms. The second kappa shape index (κ2) is 10.7. The predicted molar refractivity (Wildman–Crippen MR) is 129 cm³/mol. The third-order valence-electron chi connectivity index (χ3n) is 5.88. The summed E-state index contributed by atoms with van der Waals surface area (Å²) in [5.41, 5.74) is 2.20. The van der Waals surface area contributed by atoms with Crippen LogP contribution in [-0.2, 0) is 19.1 Å². The lowest BCUT2D eigenvalue weighted by Crippen LogP contribution is -2.32. The maximum atomic E-state index is 13.0. The molecule has 182 valence electrons. The van der Waals surface area contributed by atoms with E-state index < -0.39 is 11.7 Å². The molecule has 2 heterocycles. The summed E-state index contributed by atoms with van der Waals surface area (Å²) < 4.78 is 39.0. The fraction of sp³-hybridized carbons (Fsp3) is 0.346. The zero-order valence-corrected chi connectivity index (χ0v) is 19.4. The molecule has 2 aromatic carbocycles. The van der Waals surface area contributed by atoms with Crippen molar-refractivity contribution in [2.45, 2.75) is 44.9 Å². The summed E-state index contributed by atoms with van der Waals surface area (Å²) in [5, 5.41) is 15.7. The van der Waals surface area contributed by atoms with Crippen LogP contribution in [0.5, 0.6) is 0 Å². The lowest BCUT2D eigenvalue weighted by molar-refractivity contribution is -0.137. The zero-order valence-electron chi connectivity index (χ0n) is 19.4. The van der Waals surface area contributed by atoms with E-state index in [1.165, 1.54) is 12.1 Å². The molecule has 9 heteroatoms. The van der Waals surface area contributed by atoms with Gasteiger partial charge in [-0.3, -0.25) is 0 Å². The summed E-state index contributed by atoms with van der Waals surface area (Å²) in [7, 11) is 0. The molecule has 3 aromatic rings. The molecule has 0 saturated carbocycles. The third-order valence-corrected chi connectivity index (χ3v) is 5.88. The summed E-state index contributed by atoms with van der Waals surface area (Å²) >= 11 is 0. The Kier molecular flexibility index (Phi) is 7.51. The van der Waals surface area contributed by atoms with E-state index in [0.29, 0.717) is 30.2 Å². The molecule has 0 aliphatic carbocycles. The summed E-state index contributed by atoms with van der Waals surface area (Å²) in [5.74, 6) is 1.28. The number of alkyl halides is 3. The van der Waals surface area contributed by atoms with Gasteiger partial charge in [-0.1, -0.05) is 37.6 Å². The van der Waals surface area contributed by atoms with Crippen LogP contribution in [0.15, 0.2) is 54.6 Å². The van der Waals surface area contributed by atoms with Crippen LogP contribution < -0.4 is 15.5 Å². The van der Waals surface area contributed by atoms with Gasteiger partial charge in [-0.25, -0.2) is 4.98 Å². The number of hydrogen-bond donors (Lipinski definition) is 2. The second-order valence-corrected chi connectivity index (χ2v) is 8.62. The minimum atomic E-state index is -4.34. The van der Waals surface area contributed by atoms with Gasteiger partial charge in [0, 0.05) is 43.1 Å². The monoisotopic (exact) mass is 480 g/mol. The van der Waals surface area contributed by atoms with Crippen molar-refractivity contribution in [3.63, 3.8) is 0 Å². The highest BCUT2D eigenvalue weighted by atomic mass is 19.4. The maximum absolute atomic E-state index is 13.0. The summed E-state index contributed by atoms with van der Waals surface area (Å²) in [6.07, 6.45) is -1.72. The first-order chi connectivity index (χ1) is 16.8. The second-order valence-electron chi connectivity index (χ2n) is 8.62. The van der Waals surface area contributed by atoms with Crippen LogP contribution in [0.25, 0.3) is 0 Å². The van der Waals surface area contributed by atoms with Gasteiger partial charge in [-0.05, 0) is 42.7 Å². The van der Waals surface area contributed by atoms with E-state index in [9.17, 15) is 13.2 Å². The quantitative estimate of drug-likeness (QED) is 0.448. The van der Waals surface area contributed by atoms with E-state index in [1.54, 1.807) is 24.3 Å². The highest BCUT2D eigenvalue weighted by molar-refractivity contribution is 5.58. The molecular weight excluding hydrogens is 453 g/mol. The lowest BCUT2D eigenvalue weighted by Gasteiger charge is -2.20. The highest BCUT2D eigenvalue weighted by Gasteiger charge is 2.30. The van der Waals surface area contributed by atoms with Gasteiger partial charge in [0.25, 0.3) is 0 Å². The molecule has 0 amide bonds. The Morgan fingerprint density at radius 1 is 1.11 bits per heavy atom. The topological polar surface area (TPSA) is 76.9 Å². The molecule has 35 heavy (non-hydrogen) atoms. The van der Waals surface area contributed by atoms with Crippen molar-refractivity contribution in [2.75, 3.05) is 23.3 Å². The number of nitrogens with one attached hydrogen (secondary N) is 2. The van der Waals surface area contributed by atoms with Gasteiger partial charge in [0.1, 0.15) is 5.82 Å². The molecule has 1 fully saturated rings. The molecule has 0 unspecified atom stereocenters. The van der Waals surface area contributed by atoms with Gasteiger partial charge in [-0.15, -0.1) is 0 Å². The minimum Gasteiger partial charge on any atom is -0.355 e. The number of nitrogens with zero attached hydrogens (tertiary/aromatic N) is 4. The Balaban J connectivity index is 1.43. The van der Waals surface area contributed by atoms with E-state index in [4.69, 9.17) is 10.2 Å². The van der Waals surface area contributed by atoms with Crippen molar-refractivity contribution in [1.82, 2.24) is 15.3 Å². The van der Waals surface area contributed by atoms with Crippen LogP contribution in [-0.4, -0.2) is 29.1 Å². The van der Waals surface area contributed by atoms with Gasteiger partial charge in [0.2, 0.25) is 5.95 Å². The first-order valence-electron chi connectivity index (χ1n) is 11.6. The molecule has 1 saturated heterocycles. The van der Waals surface area contributed by atoms with Gasteiger partial charge in [-0.2, -0.15) is 23.4 Å². The van der Waals surface area contributed by atoms with Gasteiger partial charge < -0.3 is 15.5 Å². The molecule has 1 aliphatic heterocycles. The van der Waals surface area contributed by atoms with Crippen LogP contribution in [0, 0.1) is 11.3 Å². The average Bonchev–Trinajstić information content (AvgIpc) is 3.32. The molecule has 0 bridgehead atoms. The number of hydrogen-bond acceptors (Lipinski definition) is 6. The lowest BCUT2D eigenvalue weighted by atomic mass is 10.1. The van der Waals surface area contributed by atoms with Crippen molar-refractivity contribution in [1.29, 1.82) is 5.26 Å². The van der Waals surface area contributed by atoms with Crippen LogP contribution in [0.4, 0.5) is 30.6 Å². The summed E-state index contributed by atoms with van der Waals surface area (Å²) in [4.78, 5) is 11.5. The third kappa shape index (κ3) is 6.49. The SMILES string of the molecule is CCCc1cc(N2CC[C@H](NCc3cccc(C(F)(F)F)c3)C2)nc(Nc2cccc(C#N)c2)n1. The molecule has 4 rings (SSSR count). The summed E-state index contributed by atoms with van der Waals surface area (Å²) in [6, 6.07) is 16.8. The predicted octanol–water partition coefficient (Wildman–Crippen LogP) is 5.43. The Hall–Kier alpha value is -3.64. The molecular formula is C26H27F3N6. The number of aryl methyl sites for hydroxylation is 1. The van der Waals surface area contributed by atoms with E-state index in [2.05, 4.69) is 33.5 Å². The molecule has 2 N–H and O–H groups in total. The fourth-order valence-electron chi connectivity index (χ4n) is 4.14. The van der Waals surface area contributed by atoms with E-state index in [-0.39, 0.29) is 6.04 Å². The number of aromatic nitrogens is 2. The van der Waals surface area contributed by atoms with E-state index in [0.717, 1.165) is 49.1 Å². The van der Waals surface area contributed by atoms with Gasteiger partial charge >= 0.3 is 6.18 Å². The van der Waals surface area contributed by atoms with E-state index >= 15 is 0 Å². The van der Waals surface area contributed by atoms with E-state index in [1.807, 2.05) is 12.1 Å². The fourth-order valence-corrected chi connectivity index (χ4v) is 4.14. The normalized spacial score (nSPS) is 15.7. The molecule has 1 aliphatic rings. The van der Waals surface area contributed by atoms with Crippen molar-refractivity contribution < 1.29 is 13.2 Å². The van der Waals surface area contributed by atoms with Crippen molar-refractivity contribution >= 4 is 17.5 Å². The zero-order chi connectivity index (χ0) is 24.8. The van der Waals surface area contributed by atoms with Crippen LogP contribution >= 0.6 is 0 Å². The number of rotatable bonds is 8. The van der Waals surface area contributed by atoms with Crippen molar-refractivity contribution in [2.24, 2.45) is 0 Å².